The van der Waals surface area contributed by atoms with Crippen LogP contribution in [0, 0.1) is 13.8 Å². The fourth-order valence-corrected chi connectivity index (χ4v) is 4.48. The second-order valence-corrected chi connectivity index (χ2v) is 8.26. The number of carbonyl (C=O) groups excluding carboxylic acids is 2. The van der Waals surface area contributed by atoms with Gasteiger partial charge in [0.1, 0.15) is 0 Å². The van der Waals surface area contributed by atoms with Gasteiger partial charge in [-0.15, -0.1) is 0 Å². The van der Waals surface area contributed by atoms with Crippen molar-refractivity contribution in [1.82, 2.24) is 10.2 Å². The zero-order valence-electron chi connectivity index (χ0n) is 18.2. The van der Waals surface area contributed by atoms with Gasteiger partial charge in [0.15, 0.2) is 0 Å². The van der Waals surface area contributed by atoms with Crippen LogP contribution < -0.4 is 10.6 Å². The Balaban J connectivity index is 1.51. The maximum Gasteiger partial charge on any atom is 0.313 e. The molecular weight excluding hydrogens is 386 g/mol. The maximum atomic E-state index is 12.6. The Morgan fingerprint density at radius 2 is 1.52 bits per heavy atom. The summed E-state index contributed by atoms with van der Waals surface area (Å²) >= 11 is 0. The van der Waals surface area contributed by atoms with Crippen molar-refractivity contribution in [2.75, 3.05) is 25.0 Å². The van der Waals surface area contributed by atoms with Gasteiger partial charge in [0, 0.05) is 12.2 Å². The molecule has 160 valence electrons. The molecule has 1 saturated heterocycles. The number of nitrogens with zero attached hydrogens (tertiary/aromatic N) is 1. The standard InChI is InChI=1S/C26H29N3O2/c1-18-9-7-10-19(2)24(18)28-26(31)25(30)27-17-23(29-15-5-6-16-29)22-14-8-12-20-11-3-4-13-21(20)22/h3-4,7-14,23H,5-6,15-17H2,1-2H3,(H,27,30)(H,28,31)/t23-/m1/s1. The fraction of sp³-hybridized carbons (Fsp3) is 0.308. The first kappa shape index (κ1) is 21.1. The molecule has 1 aliphatic heterocycles. The molecule has 2 N–H and O–H groups in total. The summed E-state index contributed by atoms with van der Waals surface area (Å²) in [7, 11) is 0. The van der Waals surface area contributed by atoms with Gasteiger partial charge in [0.05, 0.1) is 6.04 Å². The van der Waals surface area contributed by atoms with Crippen LogP contribution >= 0.6 is 0 Å². The van der Waals surface area contributed by atoms with Gasteiger partial charge in [-0.2, -0.15) is 0 Å². The molecule has 0 aromatic heterocycles. The van der Waals surface area contributed by atoms with Gasteiger partial charge in [-0.25, -0.2) is 0 Å². The van der Waals surface area contributed by atoms with Gasteiger partial charge < -0.3 is 10.6 Å². The molecule has 0 saturated carbocycles. The topological polar surface area (TPSA) is 61.4 Å². The molecule has 2 amide bonds. The van der Waals surface area contributed by atoms with Crippen LogP contribution in [0.5, 0.6) is 0 Å². The molecule has 5 heteroatoms. The van der Waals surface area contributed by atoms with Crippen molar-refractivity contribution in [2.45, 2.75) is 32.7 Å². The van der Waals surface area contributed by atoms with Crippen LogP contribution in [0.15, 0.2) is 60.7 Å². The van der Waals surface area contributed by atoms with Gasteiger partial charge in [-0.05, 0) is 67.2 Å². The molecule has 0 bridgehead atoms. The van der Waals surface area contributed by atoms with Crippen molar-refractivity contribution in [3.63, 3.8) is 0 Å². The summed E-state index contributed by atoms with van der Waals surface area (Å²) in [5.74, 6) is -1.23. The number of hydrogen-bond donors (Lipinski definition) is 2. The highest BCUT2D eigenvalue weighted by Gasteiger charge is 2.26. The Hall–Kier alpha value is -3.18. The summed E-state index contributed by atoms with van der Waals surface area (Å²) in [6.45, 7) is 6.23. The summed E-state index contributed by atoms with van der Waals surface area (Å²) in [6, 6.07) is 20.4. The van der Waals surface area contributed by atoms with Crippen LogP contribution in [-0.2, 0) is 9.59 Å². The highest BCUT2D eigenvalue weighted by molar-refractivity contribution is 6.39. The largest absolute Gasteiger partial charge is 0.346 e. The van der Waals surface area contributed by atoms with Crippen LogP contribution in [0.4, 0.5) is 5.69 Å². The third-order valence-corrected chi connectivity index (χ3v) is 6.15. The molecule has 0 spiro atoms. The third kappa shape index (κ3) is 4.62. The zero-order chi connectivity index (χ0) is 21.8. The summed E-state index contributed by atoms with van der Waals surface area (Å²) < 4.78 is 0. The average Bonchev–Trinajstić information content (AvgIpc) is 3.31. The van der Waals surface area contributed by atoms with E-state index in [1.54, 1.807) is 0 Å². The molecule has 3 aromatic carbocycles. The molecule has 31 heavy (non-hydrogen) atoms. The van der Waals surface area contributed by atoms with Crippen LogP contribution in [0.1, 0.15) is 35.6 Å². The second kappa shape index (κ2) is 9.31. The van der Waals surface area contributed by atoms with Gasteiger partial charge in [0.2, 0.25) is 0 Å². The maximum absolute atomic E-state index is 12.6. The van der Waals surface area contributed by atoms with E-state index in [1.807, 2.05) is 44.2 Å². The molecule has 5 nitrogen and oxygen atoms in total. The number of rotatable bonds is 5. The van der Waals surface area contributed by atoms with E-state index in [1.165, 1.54) is 16.3 Å². The first-order chi connectivity index (χ1) is 15.0. The SMILES string of the molecule is Cc1cccc(C)c1NC(=O)C(=O)NC[C@H](c1cccc2ccccc12)N1CCCC1. The average molecular weight is 416 g/mol. The van der Waals surface area contributed by atoms with E-state index in [0.29, 0.717) is 12.2 Å². The minimum Gasteiger partial charge on any atom is -0.346 e. The molecule has 0 unspecified atom stereocenters. The Labute approximate surface area is 183 Å². The minimum atomic E-state index is -0.629. The first-order valence-electron chi connectivity index (χ1n) is 10.9. The number of nitrogens with one attached hydrogen (secondary N) is 2. The fourth-order valence-electron chi connectivity index (χ4n) is 4.48. The second-order valence-electron chi connectivity index (χ2n) is 8.26. The van der Waals surface area contributed by atoms with E-state index < -0.39 is 11.8 Å². The predicted octanol–water partition coefficient (Wildman–Crippen LogP) is 4.35. The molecule has 1 heterocycles. The molecule has 3 aromatic rings. The molecular formula is C26H29N3O2. The Kier molecular flexibility index (Phi) is 6.33. The Bertz CT molecular complexity index is 1080. The summed E-state index contributed by atoms with van der Waals surface area (Å²) in [5.41, 5.74) is 3.77. The number of fused-ring (bicyclic) bond motifs is 1. The van der Waals surface area contributed by atoms with E-state index in [4.69, 9.17) is 0 Å². The lowest BCUT2D eigenvalue weighted by atomic mass is 9.97. The Morgan fingerprint density at radius 1 is 0.871 bits per heavy atom. The molecule has 0 aliphatic carbocycles. The van der Waals surface area contributed by atoms with Crippen LogP contribution in [-0.4, -0.2) is 36.3 Å². The van der Waals surface area contributed by atoms with Gasteiger partial charge in [-0.3, -0.25) is 14.5 Å². The van der Waals surface area contributed by atoms with Crippen molar-refractivity contribution >= 4 is 28.3 Å². The van der Waals surface area contributed by atoms with Crippen molar-refractivity contribution in [3.05, 3.63) is 77.4 Å². The molecule has 0 radical (unpaired) electrons. The molecule has 1 fully saturated rings. The van der Waals surface area contributed by atoms with Crippen LogP contribution in [0.25, 0.3) is 10.8 Å². The van der Waals surface area contributed by atoms with E-state index in [9.17, 15) is 9.59 Å². The monoisotopic (exact) mass is 415 g/mol. The van der Waals surface area contributed by atoms with Crippen LogP contribution in [0.2, 0.25) is 0 Å². The minimum absolute atomic E-state index is 0.0329. The van der Waals surface area contributed by atoms with Gasteiger partial charge in [0.25, 0.3) is 0 Å². The van der Waals surface area contributed by atoms with Crippen LogP contribution in [0.3, 0.4) is 0 Å². The number of anilines is 1. The van der Waals surface area contributed by atoms with Crippen molar-refractivity contribution in [3.8, 4) is 0 Å². The highest BCUT2D eigenvalue weighted by Crippen LogP contribution is 2.30. The number of benzene rings is 3. The molecule has 1 aliphatic rings. The number of hydrogen-bond acceptors (Lipinski definition) is 3. The number of amides is 2. The lowest BCUT2D eigenvalue weighted by molar-refractivity contribution is -0.136. The zero-order valence-corrected chi connectivity index (χ0v) is 18.2. The van der Waals surface area contributed by atoms with Crippen molar-refractivity contribution in [1.29, 1.82) is 0 Å². The van der Waals surface area contributed by atoms with Crippen molar-refractivity contribution < 1.29 is 9.59 Å². The smallest absolute Gasteiger partial charge is 0.313 e. The third-order valence-electron chi connectivity index (χ3n) is 6.15. The quantitative estimate of drug-likeness (QED) is 0.609. The summed E-state index contributed by atoms with van der Waals surface area (Å²) in [5, 5.41) is 8.04. The highest BCUT2D eigenvalue weighted by atomic mass is 16.2. The normalized spacial score (nSPS) is 15.0. The number of likely N-dealkylation sites (tertiary alicyclic amines) is 1. The van der Waals surface area contributed by atoms with E-state index in [-0.39, 0.29) is 6.04 Å². The number of carbonyl (C=O) groups is 2. The molecule has 4 rings (SSSR count). The van der Waals surface area contributed by atoms with E-state index in [2.05, 4.69) is 45.9 Å². The molecule has 1 atom stereocenters. The summed E-state index contributed by atoms with van der Waals surface area (Å²) in [4.78, 5) is 27.6. The predicted molar refractivity (Wildman–Crippen MR) is 125 cm³/mol. The van der Waals surface area contributed by atoms with Gasteiger partial charge >= 0.3 is 11.8 Å². The Morgan fingerprint density at radius 3 is 2.26 bits per heavy atom. The lowest BCUT2D eigenvalue weighted by Crippen LogP contribution is -2.41. The number of aryl methyl sites for hydroxylation is 2. The van der Waals surface area contributed by atoms with Gasteiger partial charge in [-0.1, -0.05) is 60.7 Å². The van der Waals surface area contributed by atoms with E-state index in [0.717, 1.165) is 37.1 Å². The van der Waals surface area contributed by atoms with Crippen molar-refractivity contribution in [2.24, 2.45) is 0 Å². The van der Waals surface area contributed by atoms with E-state index >= 15 is 0 Å². The first-order valence-corrected chi connectivity index (χ1v) is 10.9. The summed E-state index contributed by atoms with van der Waals surface area (Å²) in [6.07, 6.45) is 2.31. The lowest BCUT2D eigenvalue weighted by Gasteiger charge is -2.29. The number of para-hydroxylation sites is 1.